The number of hydrogen-bond acceptors (Lipinski definition) is 4. The molecule has 152 valence electrons. The van der Waals surface area contributed by atoms with Crippen LogP contribution in [0.5, 0.6) is 11.5 Å². The van der Waals surface area contributed by atoms with Crippen LogP contribution in [-0.4, -0.2) is 35.8 Å². The molecule has 0 bridgehead atoms. The zero-order valence-corrected chi connectivity index (χ0v) is 16.5. The number of aryl methyl sites for hydroxylation is 1. The third-order valence-electron chi connectivity index (χ3n) is 4.70. The van der Waals surface area contributed by atoms with Gasteiger partial charge in [0.05, 0.1) is 14.2 Å². The van der Waals surface area contributed by atoms with E-state index in [1.807, 2.05) is 36.4 Å². The highest BCUT2D eigenvalue weighted by Crippen LogP contribution is 2.26. The SMILES string of the molecule is COc1ccc(CCCC(=O)Nc2ccc3c(ccn3CC(=O)O)c2)c(OC)c1. The van der Waals surface area contributed by atoms with Gasteiger partial charge in [0.15, 0.2) is 0 Å². The Morgan fingerprint density at radius 3 is 2.62 bits per heavy atom. The Morgan fingerprint density at radius 1 is 1.07 bits per heavy atom. The smallest absolute Gasteiger partial charge is 0.323 e. The van der Waals surface area contributed by atoms with Crippen molar-refractivity contribution in [2.24, 2.45) is 0 Å². The predicted molar refractivity (Wildman–Crippen MR) is 111 cm³/mol. The van der Waals surface area contributed by atoms with Gasteiger partial charge in [-0.05, 0) is 48.7 Å². The van der Waals surface area contributed by atoms with Crippen LogP contribution < -0.4 is 14.8 Å². The summed E-state index contributed by atoms with van der Waals surface area (Å²) in [5.41, 5.74) is 2.54. The van der Waals surface area contributed by atoms with E-state index in [1.54, 1.807) is 31.0 Å². The lowest BCUT2D eigenvalue weighted by Crippen LogP contribution is -2.11. The molecule has 0 atom stereocenters. The molecule has 0 aliphatic carbocycles. The van der Waals surface area contributed by atoms with Gasteiger partial charge in [-0.1, -0.05) is 6.07 Å². The van der Waals surface area contributed by atoms with Crippen LogP contribution in [0.15, 0.2) is 48.7 Å². The molecule has 1 aromatic heterocycles. The van der Waals surface area contributed by atoms with E-state index in [2.05, 4.69) is 5.32 Å². The number of benzene rings is 2. The number of rotatable bonds is 9. The Hall–Kier alpha value is -3.48. The molecule has 1 amide bonds. The highest BCUT2D eigenvalue weighted by Gasteiger charge is 2.09. The number of methoxy groups -OCH3 is 2. The van der Waals surface area contributed by atoms with Gasteiger partial charge in [-0.15, -0.1) is 0 Å². The molecule has 0 aliphatic rings. The van der Waals surface area contributed by atoms with E-state index in [0.29, 0.717) is 18.5 Å². The molecule has 2 N–H and O–H groups in total. The van der Waals surface area contributed by atoms with Crippen molar-refractivity contribution in [2.75, 3.05) is 19.5 Å². The Kier molecular flexibility index (Phi) is 6.39. The molecule has 1 heterocycles. The lowest BCUT2D eigenvalue weighted by Gasteiger charge is -2.10. The van der Waals surface area contributed by atoms with Gasteiger partial charge < -0.3 is 24.5 Å². The lowest BCUT2D eigenvalue weighted by atomic mass is 10.1. The number of carboxylic acid groups (broad SMARTS) is 1. The van der Waals surface area contributed by atoms with Gasteiger partial charge in [0.1, 0.15) is 18.0 Å². The molecule has 3 rings (SSSR count). The monoisotopic (exact) mass is 396 g/mol. The molecule has 0 fully saturated rings. The van der Waals surface area contributed by atoms with Crippen molar-refractivity contribution in [2.45, 2.75) is 25.8 Å². The van der Waals surface area contributed by atoms with Crippen molar-refractivity contribution >= 4 is 28.5 Å². The largest absolute Gasteiger partial charge is 0.497 e. The summed E-state index contributed by atoms with van der Waals surface area (Å²) in [5.74, 6) is 0.521. The summed E-state index contributed by atoms with van der Waals surface area (Å²) in [7, 11) is 3.22. The molecule has 0 saturated carbocycles. The minimum Gasteiger partial charge on any atom is -0.497 e. The highest BCUT2D eigenvalue weighted by atomic mass is 16.5. The summed E-state index contributed by atoms with van der Waals surface area (Å²) in [6, 6.07) is 12.9. The zero-order chi connectivity index (χ0) is 20.8. The predicted octanol–water partition coefficient (Wildman–Crippen LogP) is 3.70. The number of nitrogens with one attached hydrogen (secondary N) is 1. The number of fused-ring (bicyclic) bond motifs is 1. The second kappa shape index (κ2) is 9.14. The minimum atomic E-state index is -0.895. The van der Waals surface area contributed by atoms with E-state index in [-0.39, 0.29) is 12.5 Å². The maximum Gasteiger partial charge on any atom is 0.323 e. The van der Waals surface area contributed by atoms with Gasteiger partial charge in [0, 0.05) is 35.3 Å². The Labute approximate surface area is 168 Å². The number of ether oxygens (including phenoxy) is 2. The van der Waals surface area contributed by atoms with E-state index in [1.165, 1.54) is 0 Å². The average molecular weight is 396 g/mol. The first kappa shape index (κ1) is 20.3. The van der Waals surface area contributed by atoms with E-state index < -0.39 is 5.97 Å². The van der Waals surface area contributed by atoms with Crippen molar-refractivity contribution in [1.29, 1.82) is 0 Å². The van der Waals surface area contributed by atoms with Crippen LogP contribution in [0.1, 0.15) is 18.4 Å². The number of nitrogens with zero attached hydrogens (tertiary/aromatic N) is 1. The second-order valence-corrected chi connectivity index (χ2v) is 6.69. The lowest BCUT2D eigenvalue weighted by molar-refractivity contribution is -0.137. The third kappa shape index (κ3) is 5.07. The number of aliphatic carboxylic acids is 1. The van der Waals surface area contributed by atoms with Crippen LogP contribution in [0.25, 0.3) is 10.9 Å². The van der Waals surface area contributed by atoms with Crippen LogP contribution in [0.4, 0.5) is 5.69 Å². The van der Waals surface area contributed by atoms with Crippen LogP contribution in [-0.2, 0) is 22.6 Å². The van der Waals surface area contributed by atoms with Crippen molar-refractivity contribution in [3.05, 3.63) is 54.2 Å². The summed E-state index contributed by atoms with van der Waals surface area (Å²) < 4.78 is 12.2. The van der Waals surface area contributed by atoms with E-state index in [4.69, 9.17) is 14.6 Å². The molecule has 3 aromatic rings. The summed E-state index contributed by atoms with van der Waals surface area (Å²) in [5, 5.41) is 12.7. The fourth-order valence-corrected chi connectivity index (χ4v) is 3.28. The van der Waals surface area contributed by atoms with E-state index in [9.17, 15) is 9.59 Å². The Balaban J connectivity index is 1.56. The van der Waals surface area contributed by atoms with Gasteiger partial charge in [0.2, 0.25) is 5.91 Å². The molecule has 2 aromatic carbocycles. The zero-order valence-electron chi connectivity index (χ0n) is 16.5. The highest BCUT2D eigenvalue weighted by molar-refractivity contribution is 5.94. The molecule has 0 radical (unpaired) electrons. The van der Waals surface area contributed by atoms with Gasteiger partial charge >= 0.3 is 5.97 Å². The molecule has 0 unspecified atom stereocenters. The van der Waals surface area contributed by atoms with Crippen LogP contribution in [0.2, 0.25) is 0 Å². The second-order valence-electron chi connectivity index (χ2n) is 6.69. The van der Waals surface area contributed by atoms with Crippen molar-refractivity contribution in [1.82, 2.24) is 4.57 Å². The van der Waals surface area contributed by atoms with Crippen molar-refractivity contribution in [3.8, 4) is 11.5 Å². The van der Waals surface area contributed by atoms with Crippen LogP contribution in [0.3, 0.4) is 0 Å². The quantitative estimate of drug-likeness (QED) is 0.576. The first-order valence-electron chi connectivity index (χ1n) is 9.31. The Morgan fingerprint density at radius 2 is 1.90 bits per heavy atom. The van der Waals surface area contributed by atoms with Gasteiger partial charge in [-0.25, -0.2) is 0 Å². The molecular weight excluding hydrogens is 372 g/mol. The fraction of sp³-hybridized carbons (Fsp3) is 0.273. The first-order valence-corrected chi connectivity index (χ1v) is 9.31. The van der Waals surface area contributed by atoms with Gasteiger partial charge in [-0.3, -0.25) is 9.59 Å². The summed E-state index contributed by atoms with van der Waals surface area (Å²) in [6.07, 6.45) is 3.52. The average Bonchev–Trinajstić information content (AvgIpc) is 3.09. The van der Waals surface area contributed by atoms with Gasteiger partial charge in [-0.2, -0.15) is 0 Å². The van der Waals surface area contributed by atoms with E-state index in [0.717, 1.165) is 34.4 Å². The minimum absolute atomic E-state index is 0.0678. The number of hydrogen-bond donors (Lipinski definition) is 2. The fourth-order valence-electron chi connectivity index (χ4n) is 3.28. The normalized spacial score (nSPS) is 10.7. The number of carbonyl (C=O) groups excluding carboxylic acids is 1. The first-order chi connectivity index (χ1) is 14.0. The topological polar surface area (TPSA) is 89.8 Å². The molecule has 0 spiro atoms. The number of amides is 1. The maximum absolute atomic E-state index is 12.3. The van der Waals surface area contributed by atoms with E-state index >= 15 is 0 Å². The molecule has 0 saturated heterocycles. The number of carbonyl (C=O) groups is 2. The van der Waals surface area contributed by atoms with Crippen LogP contribution >= 0.6 is 0 Å². The van der Waals surface area contributed by atoms with Crippen molar-refractivity contribution < 1.29 is 24.2 Å². The van der Waals surface area contributed by atoms with Crippen molar-refractivity contribution in [3.63, 3.8) is 0 Å². The summed E-state index contributed by atoms with van der Waals surface area (Å²) in [6.45, 7) is -0.0932. The number of carboxylic acids is 1. The van der Waals surface area contributed by atoms with Gasteiger partial charge in [0.25, 0.3) is 0 Å². The molecule has 29 heavy (non-hydrogen) atoms. The molecular formula is C22H24N2O5. The standard InChI is InChI=1S/C22H24N2O5/c1-28-18-8-6-15(20(13-18)29-2)4-3-5-21(25)23-17-7-9-19-16(12-17)10-11-24(19)14-22(26)27/h6-13H,3-5,14H2,1-2H3,(H,23,25)(H,26,27). The summed E-state index contributed by atoms with van der Waals surface area (Å²) >= 11 is 0. The molecule has 7 nitrogen and oxygen atoms in total. The number of aromatic nitrogens is 1. The molecule has 0 aliphatic heterocycles. The van der Waals surface area contributed by atoms with Crippen LogP contribution in [0, 0.1) is 0 Å². The number of anilines is 1. The molecule has 7 heteroatoms. The maximum atomic E-state index is 12.3. The third-order valence-corrected chi connectivity index (χ3v) is 4.70. The Bertz CT molecular complexity index is 1030. The summed E-state index contributed by atoms with van der Waals surface area (Å²) in [4.78, 5) is 23.2.